The molecule has 4 rings (SSSR count). The van der Waals surface area contributed by atoms with Gasteiger partial charge < -0.3 is 4.74 Å². The van der Waals surface area contributed by atoms with Crippen molar-refractivity contribution in [2.75, 3.05) is 13.1 Å². The summed E-state index contributed by atoms with van der Waals surface area (Å²) >= 11 is 0. The molecule has 0 radical (unpaired) electrons. The molecular weight excluding hydrogens is 465 g/mol. The van der Waals surface area contributed by atoms with E-state index in [1.807, 2.05) is 0 Å². The van der Waals surface area contributed by atoms with E-state index in [-0.39, 0.29) is 42.2 Å². The molecule has 0 aliphatic carbocycles. The van der Waals surface area contributed by atoms with Gasteiger partial charge in [0.25, 0.3) is 21.8 Å². The number of carbonyl (C=O) groups excluding carboxylic acids is 3. The number of esters is 1. The molecule has 1 saturated heterocycles. The van der Waals surface area contributed by atoms with E-state index >= 15 is 0 Å². The van der Waals surface area contributed by atoms with Gasteiger partial charge in [-0.15, -0.1) is 0 Å². The molecule has 2 aliphatic heterocycles. The summed E-state index contributed by atoms with van der Waals surface area (Å²) < 4.78 is 45.1. The molecule has 2 aromatic carbocycles. The minimum absolute atomic E-state index is 0.0514. The number of rotatable bonds is 5. The zero-order valence-corrected chi connectivity index (χ0v) is 18.9. The average Bonchev–Trinajstić information content (AvgIpc) is 2.94. The minimum atomic E-state index is -3.68. The molecule has 1 atom stereocenters. The van der Waals surface area contributed by atoms with Crippen molar-refractivity contribution in [2.24, 2.45) is 4.99 Å². The zero-order valence-electron chi connectivity index (χ0n) is 18.1. The molecule has 0 aromatic heterocycles. The van der Waals surface area contributed by atoms with E-state index in [9.17, 15) is 27.2 Å². The highest BCUT2D eigenvalue weighted by molar-refractivity contribution is 7.90. The molecule has 0 saturated carbocycles. The van der Waals surface area contributed by atoms with E-state index in [0.717, 1.165) is 17.0 Å². The van der Waals surface area contributed by atoms with Crippen LogP contribution in [0, 0.1) is 5.82 Å². The first-order chi connectivity index (χ1) is 16.3. The smallest absolute Gasteiger partial charge is 0.308 e. The van der Waals surface area contributed by atoms with E-state index in [0.29, 0.717) is 18.4 Å². The topological polar surface area (TPSA) is 122 Å². The average molecular weight is 488 g/mol. The number of halogens is 1. The molecule has 178 valence electrons. The van der Waals surface area contributed by atoms with Gasteiger partial charge in [-0.2, -0.15) is 0 Å². The van der Waals surface area contributed by atoms with Gasteiger partial charge in [-0.05, 0) is 55.7 Å². The summed E-state index contributed by atoms with van der Waals surface area (Å²) in [6.45, 7) is 0.125. The summed E-state index contributed by atoms with van der Waals surface area (Å²) in [5, 5.41) is 0. The maximum Gasteiger partial charge on any atom is 0.308 e. The number of imide groups is 1. The van der Waals surface area contributed by atoms with Gasteiger partial charge in [-0.3, -0.25) is 29.0 Å². The van der Waals surface area contributed by atoms with Crippen LogP contribution in [0.1, 0.15) is 41.6 Å². The number of hydrogen-bond acceptors (Lipinski definition) is 7. The fraction of sp³-hybridized carbons (Fsp3) is 0.304. The van der Waals surface area contributed by atoms with E-state index in [1.54, 1.807) is 18.2 Å². The van der Waals surface area contributed by atoms with Crippen LogP contribution < -0.4 is 4.72 Å². The summed E-state index contributed by atoms with van der Waals surface area (Å²) in [5.41, 5.74) is 0.585. The number of ether oxygens (including phenoxy) is 1. The number of nitrogens with one attached hydrogen (secondary N) is 1. The summed E-state index contributed by atoms with van der Waals surface area (Å²) in [6, 6.07) is 11.2. The molecule has 2 aliphatic rings. The SMILES string of the molecule is O=C(CCN=C1NS(=O)(=O)c2ccccc21)O[C@H]1CCCCN(C(=O)c2ccc(F)cc2)C1=O. The van der Waals surface area contributed by atoms with Gasteiger partial charge in [0.2, 0.25) is 0 Å². The Balaban J connectivity index is 1.38. The molecule has 1 N–H and O–H groups in total. The summed E-state index contributed by atoms with van der Waals surface area (Å²) in [5.74, 6) is -2.24. The fourth-order valence-electron chi connectivity index (χ4n) is 3.79. The van der Waals surface area contributed by atoms with Crippen LogP contribution >= 0.6 is 0 Å². The second-order valence-electron chi connectivity index (χ2n) is 7.86. The number of aliphatic imine (C=N–C) groups is 1. The van der Waals surface area contributed by atoms with E-state index in [2.05, 4.69) is 9.71 Å². The van der Waals surface area contributed by atoms with Crippen LogP contribution in [-0.4, -0.2) is 56.1 Å². The van der Waals surface area contributed by atoms with E-state index < -0.39 is 39.7 Å². The molecule has 0 spiro atoms. The molecule has 11 heteroatoms. The Kier molecular flexibility index (Phi) is 6.73. The van der Waals surface area contributed by atoms with Crippen molar-refractivity contribution in [3.63, 3.8) is 0 Å². The third-order valence-electron chi connectivity index (χ3n) is 5.50. The lowest BCUT2D eigenvalue weighted by Crippen LogP contribution is -2.43. The van der Waals surface area contributed by atoms with Crippen LogP contribution in [0.15, 0.2) is 58.4 Å². The Labute approximate surface area is 195 Å². The van der Waals surface area contributed by atoms with E-state index in [4.69, 9.17) is 4.74 Å². The maximum absolute atomic E-state index is 13.2. The maximum atomic E-state index is 13.2. The number of carbonyl (C=O) groups is 3. The lowest BCUT2D eigenvalue weighted by atomic mass is 10.1. The molecule has 0 bridgehead atoms. The van der Waals surface area contributed by atoms with Crippen LogP contribution in [0.2, 0.25) is 0 Å². The van der Waals surface area contributed by atoms with Crippen molar-refractivity contribution in [3.05, 3.63) is 65.5 Å². The number of amides is 2. The quantitative estimate of drug-likeness (QED) is 0.509. The zero-order chi connectivity index (χ0) is 24.3. The summed E-state index contributed by atoms with van der Waals surface area (Å²) in [6.07, 6.45) is 0.123. The van der Waals surface area contributed by atoms with E-state index in [1.165, 1.54) is 18.2 Å². The molecular formula is C23H22FN3O6S. The second-order valence-corrected chi connectivity index (χ2v) is 9.51. The van der Waals surface area contributed by atoms with Crippen LogP contribution in [0.25, 0.3) is 0 Å². The fourth-order valence-corrected chi connectivity index (χ4v) is 5.05. The summed E-state index contributed by atoms with van der Waals surface area (Å²) in [7, 11) is -3.68. The van der Waals surface area contributed by atoms with Gasteiger partial charge in [0.05, 0.1) is 17.9 Å². The van der Waals surface area contributed by atoms with Crippen molar-refractivity contribution in [2.45, 2.75) is 36.7 Å². The molecule has 0 unspecified atom stereocenters. The number of benzene rings is 2. The lowest BCUT2D eigenvalue weighted by molar-refractivity contribution is -0.158. The van der Waals surface area contributed by atoms with Gasteiger partial charge in [-0.25, -0.2) is 12.8 Å². The first kappa shape index (κ1) is 23.6. The lowest BCUT2D eigenvalue weighted by Gasteiger charge is -2.22. The van der Waals surface area contributed by atoms with Crippen LogP contribution in [0.4, 0.5) is 4.39 Å². The largest absolute Gasteiger partial charge is 0.452 e. The Bertz CT molecular complexity index is 1260. The third kappa shape index (κ3) is 4.98. The standard InChI is InChI=1S/C23H22FN3O6S/c24-16-10-8-15(9-11-16)22(29)27-14-4-3-6-18(23(27)30)33-20(28)12-13-25-21-17-5-1-2-7-19(17)34(31,32)26-21/h1-2,5,7-11,18H,3-4,6,12-14H2,(H,25,26)/t18-/m0/s1. The van der Waals surface area contributed by atoms with Crippen LogP contribution in [0.3, 0.4) is 0 Å². The molecule has 34 heavy (non-hydrogen) atoms. The highest BCUT2D eigenvalue weighted by Gasteiger charge is 2.34. The Hall–Kier alpha value is -3.60. The molecule has 1 fully saturated rings. The number of sulfonamides is 1. The molecule has 2 aromatic rings. The van der Waals surface area contributed by atoms with Crippen molar-refractivity contribution in [1.29, 1.82) is 0 Å². The van der Waals surface area contributed by atoms with Crippen LogP contribution in [-0.2, 0) is 24.3 Å². The normalized spacial score (nSPS) is 20.4. The first-order valence-corrected chi connectivity index (χ1v) is 12.2. The van der Waals surface area contributed by atoms with Crippen molar-refractivity contribution in [3.8, 4) is 0 Å². The van der Waals surface area contributed by atoms with Crippen molar-refractivity contribution < 1.29 is 31.9 Å². The summed E-state index contributed by atoms with van der Waals surface area (Å²) in [4.78, 5) is 43.3. The van der Waals surface area contributed by atoms with Gasteiger partial charge in [0, 0.05) is 17.7 Å². The van der Waals surface area contributed by atoms with Crippen molar-refractivity contribution >= 4 is 33.6 Å². The highest BCUT2D eigenvalue weighted by atomic mass is 32.2. The number of nitrogens with zero attached hydrogens (tertiary/aromatic N) is 2. The molecule has 2 amide bonds. The first-order valence-electron chi connectivity index (χ1n) is 10.7. The predicted octanol–water partition coefficient (Wildman–Crippen LogP) is 2.02. The van der Waals surface area contributed by atoms with Crippen molar-refractivity contribution in [1.82, 2.24) is 9.62 Å². The Morgan fingerprint density at radius 2 is 1.85 bits per heavy atom. The van der Waals surface area contributed by atoms with Gasteiger partial charge in [0.15, 0.2) is 6.10 Å². The van der Waals surface area contributed by atoms with Gasteiger partial charge in [-0.1, -0.05) is 12.1 Å². The third-order valence-corrected chi connectivity index (χ3v) is 6.90. The predicted molar refractivity (Wildman–Crippen MR) is 119 cm³/mol. The molecule has 2 heterocycles. The van der Waals surface area contributed by atoms with Gasteiger partial charge >= 0.3 is 5.97 Å². The number of fused-ring (bicyclic) bond motifs is 1. The minimum Gasteiger partial charge on any atom is -0.452 e. The van der Waals surface area contributed by atoms with Crippen LogP contribution in [0.5, 0.6) is 0 Å². The Morgan fingerprint density at radius 3 is 2.62 bits per heavy atom. The molecule has 9 nitrogen and oxygen atoms in total. The number of hydrogen-bond donors (Lipinski definition) is 1. The Morgan fingerprint density at radius 1 is 1.12 bits per heavy atom. The highest BCUT2D eigenvalue weighted by Crippen LogP contribution is 2.22. The monoisotopic (exact) mass is 487 g/mol. The number of likely N-dealkylation sites (tertiary alicyclic amines) is 1. The number of amidine groups is 1. The second kappa shape index (κ2) is 9.72. The van der Waals surface area contributed by atoms with Gasteiger partial charge in [0.1, 0.15) is 11.7 Å².